The van der Waals surface area contributed by atoms with Gasteiger partial charge in [0.15, 0.2) is 0 Å². The van der Waals surface area contributed by atoms with Gasteiger partial charge in [0.2, 0.25) is 0 Å². The molecule has 0 N–H and O–H groups in total. The third-order valence-corrected chi connectivity index (χ3v) is 3.89. The molecule has 1 aromatic rings. The number of benzene rings is 1. The normalized spacial score (nSPS) is 13.3. The Morgan fingerprint density at radius 3 is 2.46 bits per heavy atom. The van der Waals surface area contributed by atoms with Gasteiger partial charge >= 0.3 is 0 Å². The molecule has 0 aliphatic heterocycles. The Morgan fingerprint density at radius 1 is 1.46 bits per heavy atom. The van der Waals surface area contributed by atoms with Crippen LogP contribution >= 0.6 is 45.2 Å². The van der Waals surface area contributed by atoms with Crippen LogP contribution in [0, 0.1) is 6.92 Å². The van der Waals surface area contributed by atoms with Crippen molar-refractivity contribution in [1.82, 2.24) is 0 Å². The SMILES string of the molecule is Cc1cc(C(I)I)ccc1S(=O)[O-]. The summed E-state index contributed by atoms with van der Waals surface area (Å²) in [5, 5.41) is 0. The van der Waals surface area contributed by atoms with E-state index in [9.17, 15) is 8.76 Å². The molecule has 1 unspecified atom stereocenters. The summed E-state index contributed by atoms with van der Waals surface area (Å²) in [5.41, 5.74) is 1.96. The molecule has 0 aromatic heterocycles. The highest BCUT2D eigenvalue weighted by molar-refractivity contribution is 14.2. The number of hydrogen-bond acceptors (Lipinski definition) is 2. The minimum absolute atomic E-state index is 0.378. The molecule has 13 heavy (non-hydrogen) atoms. The van der Waals surface area contributed by atoms with Gasteiger partial charge in [0, 0.05) is 4.90 Å². The summed E-state index contributed by atoms with van der Waals surface area (Å²) < 4.78 is 21.8. The van der Waals surface area contributed by atoms with Crippen LogP contribution in [-0.2, 0) is 11.1 Å². The van der Waals surface area contributed by atoms with Crippen LogP contribution in [0.15, 0.2) is 23.1 Å². The van der Waals surface area contributed by atoms with Crippen molar-refractivity contribution in [2.45, 2.75) is 13.8 Å². The van der Waals surface area contributed by atoms with Gasteiger partial charge in [-0.25, -0.2) is 0 Å². The van der Waals surface area contributed by atoms with Crippen LogP contribution in [0.4, 0.5) is 0 Å². The van der Waals surface area contributed by atoms with Crippen molar-refractivity contribution < 1.29 is 8.76 Å². The van der Waals surface area contributed by atoms with Crippen molar-refractivity contribution in [3.63, 3.8) is 0 Å². The molecular weight excluding hydrogens is 414 g/mol. The van der Waals surface area contributed by atoms with Crippen LogP contribution in [-0.4, -0.2) is 8.76 Å². The van der Waals surface area contributed by atoms with E-state index in [1.807, 2.05) is 19.1 Å². The number of aryl methyl sites for hydroxylation is 1. The summed E-state index contributed by atoms with van der Waals surface area (Å²) in [5.74, 6) is 0. The van der Waals surface area contributed by atoms with Gasteiger partial charge in [0.05, 0.1) is 1.93 Å². The Balaban J connectivity index is 3.13. The summed E-state index contributed by atoms with van der Waals surface area (Å²) in [6, 6.07) is 5.41. The molecule has 5 heteroatoms. The molecule has 0 bridgehead atoms. The van der Waals surface area contributed by atoms with Crippen LogP contribution in [0.25, 0.3) is 0 Å². The molecule has 2 nitrogen and oxygen atoms in total. The summed E-state index contributed by atoms with van der Waals surface area (Å²) in [6.07, 6.45) is 0. The first kappa shape index (κ1) is 11.9. The molecule has 1 atom stereocenters. The maximum Gasteiger partial charge on any atom is 0.0875 e. The Labute approximate surface area is 107 Å². The van der Waals surface area contributed by atoms with E-state index in [0.717, 1.165) is 11.1 Å². The largest absolute Gasteiger partial charge is 0.768 e. The Bertz CT molecular complexity index is 339. The average Bonchev–Trinajstić information content (AvgIpc) is 2.03. The van der Waals surface area contributed by atoms with E-state index in [2.05, 4.69) is 45.2 Å². The molecule has 1 rings (SSSR count). The molecule has 0 heterocycles. The molecule has 0 amide bonds. The fourth-order valence-corrected chi connectivity index (χ4v) is 2.27. The second-order valence-corrected chi connectivity index (χ2v) is 8.34. The van der Waals surface area contributed by atoms with Crippen molar-refractivity contribution in [1.29, 1.82) is 0 Å². The van der Waals surface area contributed by atoms with Crippen molar-refractivity contribution >= 4 is 56.3 Å². The molecule has 0 aliphatic carbocycles. The summed E-state index contributed by atoms with van der Waals surface area (Å²) in [6.45, 7) is 1.81. The molecule has 0 radical (unpaired) electrons. The lowest BCUT2D eigenvalue weighted by Gasteiger charge is -2.11. The molecule has 0 saturated carbocycles. The van der Waals surface area contributed by atoms with E-state index in [1.54, 1.807) is 6.07 Å². The topological polar surface area (TPSA) is 40.1 Å². The van der Waals surface area contributed by atoms with Gasteiger partial charge < -0.3 is 4.55 Å². The first-order valence-electron chi connectivity index (χ1n) is 3.50. The van der Waals surface area contributed by atoms with Crippen molar-refractivity contribution in [2.24, 2.45) is 0 Å². The zero-order valence-corrected chi connectivity index (χ0v) is 11.9. The van der Waals surface area contributed by atoms with Gasteiger partial charge in [-0.15, -0.1) is 0 Å². The molecule has 1 aromatic carbocycles. The second-order valence-electron chi connectivity index (χ2n) is 2.56. The Morgan fingerprint density at radius 2 is 2.08 bits per heavy atom. The zero-order chi connectivity index (χ0) is 10.0. The number of rotatable bonds is 2. The predicted molar refractivity (Wildman–Crippen MR) is 69.1 cm³/mol. The van der Waals surface area contributed by atoms with E-state index < -0.39 is 11.1 Å². The monoisotopic (exact) mass is 421 g/mol. The van der Waals surface area contributed by atoms with Gasteiger partial charge in [-0.1, -0.05) is 57.3 Å². The third-order valence-electron chi connectivity index (χ3n) is 1.63. The smallest absolute Gasteiger partial charge is 0.0875 e. The van der Waals surface area contributed by atoms with Crippen molar-refractivity contribution in [3.05, 3.63) is 29.3 Å². The minimum Gasteiger partial charge on any atom is -0.768 e. The highest BCUT2D eigenvalue weighted by Gasteiger charge is 2.04. The van der Waals surface area contributed by atoms with Crippen LogP contribution in [0.2, 0.25) is 0 Å². The third kappa shape index (κ3) is 3.14. The summed E-state index contributed by atoms with van der Waals surface area (Å²) in [4.78, 5) is 0.386. The number of hydrogen-bond donors (Lipinski definition) is 0. The highest BCUT2D eigenvalue weighted by atomic mass is 127. The zero-order valence-electron chi connectivity index (χ0n) is 6.79. The van der Waals surface area contributed by atoms with Crippen LogP contribution in [0.3, 0.4) is 0 Å². The van der Waals surface area contributed by atoms with Crippen molar-refractivity contribution in [2.75, 3.05) is 0 Å². The fraction of sp³-hybridized carbons (Fsp3) is 0.250. The Hall–Kier alpha value is 0.790. The standard InChI is InChI=1S/C8H8I2O2S/c1-5-4-6(8(9)10)2-3-7(5)13(11)12/h2-4,8H,1H3,(H,11,12)/p-1. The first-order chi connectivity index (χ1) is 6.02. The fourth-order valence-electron chi connectivity index (χ4n) is 0.995. The van der Waals surface area contributed by atoms with Gasteiger partial charge in [-0.2, -0.15) is 0 Å². The maximum absolute atomic E-state index is 10.7. The lowest BCUT2D eigenvalue weighted by Crippen LogP contribution is -1.94. The van der Waals surface area contributed by atoms with Gasteiger partial charge in [0.1, 0.15) is 0 Å². The predicted octanol–water partition coefficient (Wildman–Crippen LogP) is 3.10. The van der Waals surface area contributed by atoms with E-state index >= 15 is 0 Å². The maximum atomic E-state index is 10.7. The Kier molecular flexibility index (Phi) is 4.59. The molecular formula is C8H7I2O2S-. The lowest BCUT2D eigenvalue weighted by molar-refractivity contribution is 0.536. The molecule has 0 aliphatic rings. The van der Waals surface area contributed by atoms with E-state index in [4.69, 9.17) is 0 Å². The summed E-state index contributed by atoms with van der Waals surface area (Å²) in [7, 11) is 0. The van der Waals surface area contributed by atoms with E-state index in [0.29, 0.717) is 6.83 Å². The second kappa shape index (κ2) is 5.04. The minimum atomic E-state index is -2.12. The first-order valence-corrected chi connectivity index (χ1v) is 7.07. The van der Waals surface area contributed by atoms with E-state index in [-0.39, 0.29) is 0 Å². The summed E-state index contributed by atoms with van der Waals surface area (Å²) >= 11 is 2.46. The van der Waals surface area contributed by atoms with Gasteiger partial charge in [-0.05, 0) is 35.2 Å². The van der Waals surface area contributed by atoms with Crippen LogP contribution < -0.4 is 0 Å². The average molecular weight is 421 g/mol. The molecule has 0 fully saturated rings. The highest BCUT2D eigenvalue weighted by Crippen LogP contribution is 2.31. The van der Waals surface area contributed by atoms with Crippen LogP contribution in [0.5, 0.6) is 0 Å². The molecule has 0 saturated heterocycles. The van der Waals surface area contributed by atoms with Crippen molar-refractivity contribution in [3.8, 4) is 0 Å². The van der Waals surface area contributed by atoms with Gasteiger partial charge in [0.25, 0.3) is 0 Å². The molecule has 72 valence electrons. The van der Waals surface area contributed by atoms with E-state index in [1.165, 1.54) is 0 Å². The number of halogens is 2. The van der Waals surface area contributed by atoms with Gasteiger partial charge in [-0.3, -0.25) is 4.21 Å². The lowest BCUT2D eigenvalue weighted by atomic mass is 10.2. The van der Waals surface area contributed by atoms with Crippen LogP contribution in [0.1, 0.15) is 13.1 Å². The number of alkyl halides is 2. The molecule has 0 spiro atoms. The quantitative estimate of drug-likeness (QED) is 0.419.